The molecular formula is C28H27OP2+. The summed E-state index contributed by atoms with van der Waals surface area (Å²) in [5.41, 5.74) is 0. The Kier molecular flexibility index (Phi) is 7.81. The minimum Gasteiger partial charge on any atom is -0.373 e. The summed E-state index contributed by atoms with van der Waals surface area (Å²) in [6.07, 6.45) is 0. The second-order valence-electron chi connectivity index (χ2n) is 7.07. The maximum absolute atomic E-state index is 6.14. The molecule has 0 heterocycles. The predicted molar refractivity (Wildman–Crippen MR) is 140 cm³/mol. The second kappa shape index (κ2) is 11.2. The van der Waals surface area contributed by atoms with Crippen LogP contribution in [0.5, 0.6) is 0 Å². The summed E-state index contributed by atoms with van der Waals surface area (Å²) in [5.74, 6) is 0. The van der Waals surface area contributed by atoms with Crippen molar-refractivity contribution in [1.82, 2.24) is 0 Å². The Morgan fingerprint density at radius 3 is 1.39 bits per heavy atom. The molecule has 154 valence electrons. The molecule has 0 aromatic heterocycles. The first kappa shape index (κ1) is 21.7. The highest BCUT2D eigenvalue weighted by atomic mass is 31.2. The Hall–Kier alpha value is -2.56. The summed E-state index contributed by atoms with van der Waals surface area (Å²) in [6.45, 7) is 3.46. The van der Waals surface area contributed by atoms with Gasteiger partial charge in [0.05, 0.1) is 0 Å². The lowest BCUT2D eigenvalue weighted by atomic mass is 10.4. The highest BCUT2D eigenvalue weighted by Gasteiger charge is 2.33. The third kappa shape index (κ3) is 5.38. The van der Waals surface area contributed by atoms with E-state index in [4.69, 9.17) is 4.74 Å². The SMILES string of the molecule is CCOCC(P(c1ccccc1)c1ccccc1)=[P+](c1ccccc1)c1ccccc1. The summed E-state index contributed by atoms with van der Waals surface area (Å²) in [6, 6.07) is 43.8. The molecule has 0 aliphatic heterocycles. The van der Waals surface area contributed by atoms with E-state index in [-0.39, 0.29) is 0 Å². The van der Waals surface area contributed by atoms with E-state index in [0.29, 0.717) is 13.2 Å². The van der Waals surface area contributed by atoms with Crippen molar-refractivity contribution < 1.29 is 4.74 Å². The molecule has 0 amide bonds. The van der Waals surface area contributed by atoms with E-state index in [1.54, 1.807) is 0 Å². The van der Waals surface area contributed by atoms with Gasteiger partial charge in [-0.3, -0.25) is 0 Å². The molecule has 0 unspecified atom stereocenters. The maximum atomic E-state index is 6.14. The molecule has 4 aromatic rings. The quantitative estimate of drug-likeness (QED) is 0.332. The summed E-state index contributed by atoms with van der Waals surface area (Å²) in [4.78, 5) is 0. The van der Waals surface area contributed by atoms with Crippen LogP contribution in [-0.2, 0) is 4.74 Å². The first-order valence-electron chi connectivity index (χ1n) is 10.6. The van der Waals surface area contributed by atoms with Crippen LogP contribution in [0.25, 0.3) is 0 Å². The first-order valence-corrected chi connectivity index (χ1v) is 13.3. The van der Waals surface area contributed by atoms with Crippen molar-refractivity contribution in [3.8, 4) is 0 Å². The van der Waals surface area contributed by atoms with Crippen molar-refractivity contribution in [2.45, 2.75) is 6.92 Å². The largest absolute Gasteiger partial charge is 0.373 e. The molecule has 4 aromatic carbocycles. The Morgan fingerprint density at radius 1 is 0.613 bits per heavy atom. The number of rotatable bonds is 8. The molecule has 4 rings (SSSR count). The van der Waals surface area contributed by atoms with Crippen molar-refractivity contribution in [3.05, 3.63) is 121 Å². The molecule has 0 saturated carbocycles. The lowest BCUT2D eigenvalue weighted by Crippen LogP contribution is -2.24. The lowest BCUT2D eigenvalue weighted by molar-refractivity contribution is 0.190. The zero-order valence-electron chi connectivity index (χ0n) is 17.8. The molecule has 0 bridgehead atoms. The van der Waals surface area contributed by atoms with Gasteiger partial charge in [-0.1, -0.05) is 97.1 Å². The van der Waals surface area contributed by atoms with E-state index in [9.17, 15) is 0 Å². The molecule has 1 nitrogen and oxygen atoms in total. The van der Waals surface area contributed by atoms with E-state index in [1.807, 2.05) is 0 Å². The monoisotopic (exact) mass is 441 g/mol. The van der Waals surface area contributed by atoms with Gasteiger partial charge in [-0.2, -0.15) is 0 Å². The molecule has 0 aliphatic rings. The van der Waals surface area contributed by atoms with Crippen LogP contribution in [0, 0.1) is 0 Å². The van der Waals surface area contributed by atoms with Crippen molar-refractivity contribution in [2.24, 2.45) is 0 Å². The van der Waals surface area contributed by atoms with Crippen LogP contribution >= 0.6 is 15.5 Å². The van der Waals surface area contributed by atoms with E-state index in [0.717, 1.165) is 0 Å². The molecule has 3 heteroatoms. The average molecular weight is 441 g/mol. The van der Waals surface area contributed by atoms with Gasteiger partial charge in [0.1, 0.15) is 6.61 Å². The fraction of sp³-hybridized carbons (Fsp3) is 0.107. The number of ether oxygens (including phenoxy) is 1. The topological polar surface area (TPSA) is 9.23 Å². The first-order chi connectivity index (χ1) is 15.4. The zero-order valence-corrected chi connectivity index (χ0v) is 19.6. The van der Waals surface area contributed by atoms with Crippen molar-refractivity contribution in [3.63, 3.8) is 0 Å². The van der Waals surface area contributed by atoms with Gasteiger partial charge in [0.25, 0.3) is 0 Å². The summed E-state index contributed by atoms with van der Waals surface area (Å²) in [7, 11) is -1.38. The van der Waals surface area contributed by atoms with Crippen LogP contribution in [-0.4, -0.2) is 18.2 Å². The smallest absolute Gasteiger partial charge is 0.176 e. The van der Waals surface area contributed by atoms with Crippen molar-refractivity contribution in [1.29, 1.82) is 0 Å². The highest BCUT2D eigenvalue weighted by molar-refractivity contribution is 8.01. The highest BCUT2D eigenvalue weighted by Crippen LogP contribution is 2.43. The van der Waals surface area contributed by atoms with Gasteiger partial charge < -0.3 is 4.74 Å². The normalized spacial score (nSPS) is 10.8. The molecular weight excluding hydrogens is 414 g/mol. The average Bonchev–Trinajstić information content (AvgIpc) is 2.85. The van der Waals surface area contributed by atoms with Crippen LogP contribution in [0.1, 0.15) is 6.92 Å². The van der Waals surface area contributed by atoms with E-state index >= 15 is 0 Å². The third-order valence-electron chi connectivity index (χ3n) is 5.01. The molecule has 0 saturated heterocycles. The second-order valence-corrected chi connectivity index (χ2v) is 11.9. The zero-order chi connectivity index (χ0) is 21.3. The fourth-order valence-corrected chi connectivity index (χ4v) is 9.92. The Bertz CT molecular complexity index is 1010. The van der Waals surface area contributed by atoms with Gasteiger partial charge in [0.15, 0.2) is 23.2 Å². The third-order valence-corrected chi connectivity index (χ3v) is 10.8. The Morgan fingerprint density at radius 2 is 1.00 bits per heavy atom. The van der Waals surface area contributed by atoms with Crippen LogP contribution < -0.4 is 21.2 Å². The van der Waals surface area contributed by atoms with Gasteiger partial charge in [-0.05, 0) is 41.8 Å². The van der Waals surface area contributed by atoms with E-state index in [1.165, 1.54) is 26.3 Å². The molecule has 0 fully saturated rings. The lowest BCUT2D eigenvalue weighted by Gasteiger charge is -2.19. The maximum Gasteiger partial charge on any atom is 0.176 e. The molecule has 0 spiro atoms. The minimum absolute atomic E-state index is 0.668. The van der Waals surface area contributed by atoms with Crippen LogP contribution in [0.2, 0.25) is 0 Å². The number of hydrogen-bond donors (Lipinski definition) is 0. The van der Waals surface area contributed by atoms with Crippen LogP contribution in [0.4, 0.5) is 0 Å². The van der Waals surface area contributed by atoms with Gasteiger partial charge >= 0.3 is 0 Å². The molecule has 0 radical (unpaired) electrons. The predicted octanol–water partition coefficient (Wildman–Crippen LogP) is 5.42. The summed E-state index contributed by atoms with van der Waals surface area (Å²) < 4.78 is 6.14. The minimum atomic E-state index is -0.692. The number of benzene rings is 4. The Balaban J connectivity index is 2.02. The number of hydrogen-bond acceptors (Lipinski definition) is 1. The van der Waals surface area contributed by atoms with Crippen molar-refractivity contribution >= 4 is 41.7 Å². The van der Waals surface area contributed by atoms with Crippen LogP contribution in [0.3, 0.4) is 0 Å². The van der Waals surface area contributed by atoms with Crippen molar-refractivity contribution in [2.75, 3.05) is 13.2 Å². The summed E-state index contributed by atoms with van der Waals surface area (Å²) >= 11 is 0. The molecule has 0 aliphatic carbocycles. The molecule has 0 atom stereocenters. The molecule has 0 N–H and O–H groups in total. The van der Waals surface area contributed by atoms with Gasteiger partial charge in [0, 0.05) is 14.5 Å². The fourth-order valence-electron chi connectivity index (χ4n) is 3.62. The summed E-state index contributed by atoms with van der Waals surface area (Å²) in [5, 5.41) is 6.98. The Labute approximate surface area is 187 Å². The van der Waals surface area contributed by atoms with Crippen LogP contribution in [0.15, 0.2) is 121 Å². The van der Waals surface area contributed by atoms with E-state index < -0.39 is 15.5 Å². The van der Waals surface area contributed by atoms with E-state index in [2.05, 4.69) is 128 Å². The van der Waals surface area contributed by atoms with Gasteiger partial charge in [-0.25, -0.2) is 0 Å². The molecule has 31 heavy (non-hydrogen) atoms. The van der Waals surface area contributed by atoms with Gasteiger partial charge in [-0.15, -0.1) is 0 Å². The standard InChI is InChI=1S/C28H27OP2/c1-2-29-23-28(30(24-15-7-3-8-16-24)25-17-9-4-10-18-25)31(26-19-11-5-12-20-26)27-21-13-6-14-22-27/h3-22H,2,23H2,1H3/q+1. The van der Waals surface area contributed by atoms with Gasteiger partial charge in [0.2, 0.25) is 0 Å².